The molecule has 10 heteroatoms. The number of methoxy groups -OCH3 is 1. The number of anilines is 2. The van der Waals surface area contributed by atoms with Crippen LogP contribution in [0.5, 0.6) is 5.75 Å². The molecule has 0 saturated carbocycles. The third-order valence-corrected chi connectivity index (χ3v) is 4.88. The fourth-order valence-corrected chi connectivity index (χ4v) is 3.25. The van der Waals surface area contributed by atoms with Crippen LogP contribution in [0.3, 0.4) is 0 Å². The first-order chi connectivity index (χ1) is 14.7. The number of piperazine rings is 1. The van der Waals surface area contributed by atoms with Gasteiger partial charge in [-0.25, -0.2) is 4.79 Å². The standard InChI is InChI=1S/C21H23F3N4O3/c1-31-18-7-5-16(6-8-18)25-20(30)26-19(29)14-27-9-11-28(12-10-27)17-4-2-3-15(13-17)21(22,23)24/h2-8,13H,9-12,14H2,1H3,(H2,25,26,29,30). The highest BCUT2D eigenvalue weighted by Gasteiger charge is 2.31. The summed E-state index contributed by atoms with van der Waals surface area (Å²) in [5.41, 5.74) is 0.327. The van der Waals surface area contributed by atoms with E-state index in [4.69, 9.17) is 4.74 Å². The van der Waals surface area contributed by atoms with Crippen LogP contribution in [0.15, 0.2) is 48.5 Å². The second-order valence-electron chi connectivity index (χ2n) is 7.04. The van der Waals surface area contributed by atoms with E-state index in [-0.39, 0.29) is 6.54 Å². The minimum atomic E-state index is -4.39. The lowest BCUT2D eigenvalue weighted by Gasteiger charge is -2.35. The van der Waals surface area contributed by atoms with Crippen molar-refractivity contribution in [1.82, 2.24) is 10.2 Å². The molecule has 166 valence electrons. The summed E-state index contributed by atoms with van der Waals surface area (Å²) in [7, 11) is 1.53. The van der Waals surface area contributed by atoms with Gasteiger partial charge in [0.2, 0.25) is 5.91 Å². The molecule has 1 saturated heterocycles. The molecular formula is C21H23F3N4O3. The van der Waals surface area contributed by atoms with Crippen molar-refractivity contribution in [1.29, 1.82) is 0 Å². The molecule has 2 aromatic rings. The van der Waals surface area contributed by atoms with Crippen LogP contribution in [0, 0.1) is 0 Å². The minimum Gasteiger partial charge on any atom is -0.497 e. The van der Waals surface area contributed by atoms with Crippen LogP contribution in [0.25, 0.3) is 0 Å². The van der Waals surface area contributed by atoms with Crippen molar-refractivity contribution in [3.05, 3.63) is 54.1 Å². The zero-order valence-corrected chi connectivity index (χ0v) is 16.9. The Balaban J connectivity index is 1.45. The number of benzene rings is 2. The number of nitrogens with one attached hydrogen (secondary N) is 2. The van der Waals surface area contributed by atoms with Crippen molar-refractivity contribution in [2.45, 2.75) is 6.18 Å². The van der Waals surface area contributed by atoms with Gasteiger partial charge in [-0.15, -0.1) is 0 Å². The van der Waals surface area contributed by atoms with Crippen LogP contribution in [0.1, 0.15) is 5.56 Å². The average Bonchev–Trinajstić information content (AvgIpc) is 2.74. The first-order valence-electron chi connectivity index (χ1n) is 9.64. The fourth-order valence-electron chi connectivity index (χ4n) is 3.25. The predicted molar refractivity (Wildman–Crippen MR) is 110 cm³/mol. The molecule has 2 N–H and O–H groups in total. The highest BCUT2D eigenvalue weighted by Crippen LogP contribution is 2.31. The fraction of sp³-hybridized carbons (Fsp3) is 0.333. The summed E-state index contributed by atoms with van der Waals surface area (Å²) in [5.74, 6) is 0.185. The van der Waals surface area contributed by atoms with E-state index in [1.807, 2.05) is 9.80 Å². The lowest BCUT2D eigenvalue weighted by molar-refractivity contribution is -0.137. The van der Waals surface area contributed by atoms with Gasteiger partial charge in [0, 0.05) is 37.6 Å². The maximum absolute atomic E-state index is 12.9. The minimum absolute atomic E-state index is 0.0203. The first-order valence-corrected chi connectivity index (χ1v) is 9.64. The molecule has 0 radical (unpaired) electrons. The molecule has 3 rings (SSSR count). The predicted octanol–water partition coefficient (Wildman–Crippen LogP) is 3.18. The summed E-state index contributed by atoms with van der Waals surface area (Å²) in [4.78, 5) is 27.8. The van der Waals surface area contributed by atoms with E-state index in [9.17, 15) is 22.8 Å². The van der Waals surface area contributed by atoms with Gasteiger partial charge in [0.25, 0.3) is 0 Å². The Hall–Kier alpha value is -3.27. The number of rotatable bonds is 5. The Morgan fingerprint density at radius 2 is 1.71 bits per heavy atom. The second-order valence-corrected chi connectivity index (χ2v) is 7.04. The van der Waals surface area contributed by atoms with Crippen LogP contribution in [0.4, 0.5) is 29.3 Å². The Morgan fingerprint density at radius 3 is 2.32 bits per heavy atom. The second kappa shape index (κ2) is 9.69. The van der Waals surface area contributed by atoms with Crippen LogP contribution in [-0.4, -0.2) is 56.7 Å². The lowest BCUT2D eigenvalue weighted by Crippen LogP contribution is -2.50. The van der Waals surface area contributed by atoms with E-state index < -0.39 is 23.7 Å². The van der Waals surface area contributed by atoms with E-state index in [0.717, 1.165) is 12.1 Å². The van der Waals surface area contributed by atoms with Crippen molar-refractivity contribution < 1.29 is 27.5 Å². The largest absolute Gasteiger partial charge is 0.497 e. The quantitative estimate of drug-likeness (QED) is 0.753. The molecule has 1 heterocycles. The van der Waals surface area contributed by atoms with Gasteiger partial charge in [-0.3, -0.25) is 15.0 Å². The number of imide groups is 1. The van der Waals surface area contributed by atoms with Gasteiger partial charge in [0.1, 0.15) is 5.75 Å². The number of alkyl halides is 3. The third kappa shape index (κ3) is 6.35. The number of ether oxygens (including phenoxy) is 1. The third-order valence-electron chi connectivity index (χ3n) is 4.88. The SMILES string of the molecule is COc1ccc(NC(=O)NC(=O)CN2CCN(c3cccc(C(F)(F)F)c3)CC2)cc1. The van der Waals surface area contributed by atoms with Crippen LogP contribution in [-0.2, 0) is 11.0 Å². The number of hydrogen-bond donors (Lipinski definition) is 2. The molecule has 0 unspecified atom stereocenters. The Bertz CT molecular complexity index is 911. The number of urea groups is 1. The molecule has 7 nitrogen and oxygen atoms in total. The van der Waals surface area contributed by atoms with Gasteiger partial charge >= 0.3 is 12.2 Å². The monoisotopic (exact) mass is 436 g/mol. The van der Waals surface area contributed by atoms with Crippen molar-refractivity contribution >= 4 is 23.3 Å². The molecule has 1 fully saturated rings. The molecule has 1 aliphatic rings. The smallest absolute Gasteiger partial charge is 0.416 e. The molecule has 2 aromatic carbocycles. The molecule has 0 aliphatic carbocycles. The molecular weight excluding hydrogens is 413 g/mol. The van der Waals surface area contributed by atoms with Gasteiger partial charge in [0.05, 0.1) is 19.2 Å². The molecule has 0 atom stereocenters. The maximum Gasteiger partial charge on any atom is 0.416 e. The van der Waals surface area contributed by atoms with Crippen molar-refractivity contribution in [2.24, 2.45) is 0 Å². The molecule has 3 amide bonds. The van der Waals surface area contributed by atoms with Gasteiger partial charge in [-0.05, 0) is 42.5 Å². The zero-order valence-electron chi connectivity index (χ0n) is 16.9. The number of carbonyl (C=O) groups is 2. The van der Waals surface area contributed by atoms with Gasteiger partial charge < -0.3 is 15.0 Å². The summed E-state index contributed by atoms with van der Waals surface area (Å²) < 4.78 is 43.8. The van der Waals surface area contributed by atoms with E-state index in [0.29, 0.717) is 43.3 Å². The van der Waals surface area contributed by atoms with Gasteiger partial charge in [0.15, 0.2) is 0 Å². The van der Waals surface area contributed by atoms with Crippen molar-refractivity contribution in [3.8, 4) is 5.75 Å². The van der Waals surface area contributed by atoms with Crippen molar-refractivity contribution in [2.75, 3.05) is 50.1 Å². The summed E-state index contributed by atoms with van der Waals surface area (Å²) >= 11 is 0. The van der Waals surface area contributed by atoms with Crippen LogP contribution < -0.4 is 20.3 Å². The Labute approximate surface area is 177 Å². The first kappa shape index (κ1) is 22.4. The Kier molecular flexibility index (Phi) is 7.01. The van der Waals surface area contributed by atoms with Crippen molar-refractivity contribution in [3.63, 3.8) is 0 Å². The summed E-state index contributed by atoms with van der Waals surface area (Å²) in [6, 6.07) is 11.2. The molecule has 31 heavy (non-hydrogen) atoms. The molecule has 0 spiro atoms. The van der Waals surface area contributed by atoms with E-state index >= 15 is 0 Å². The average molecular weight is 436 g/mol. The van der Waals surface area contributed by atoms with Crippen LogP contribution in [0.2, 0.25) is 0 Å². The van der Waals surface area contributed by atoms with Gasteiger partial charge in [-0.2, -0.15) is 13.2 Å². The molecule has 1 aliphatic heterocycles. The summed E-state index contributed by atoms with van der Waals surface area (Å²) in [5, 5.41) is 4.83. The molecule has 0 bridgehead atoms. The summed E-state index contributed by atoms with van der Waals surface area (Å²) in [6.07, 6.45) is -4.39. The van der Waals surface area contributed by atoms with Crippen LogP contribution >= 0.6 is 0 Å². The Morgan fingerprint density at radius 1 is 1.03 bits per heavy atom. The number of carbonyl (C=O) groups excluding carboxylic acids is 2. The van der Waals surface area contributed by atoms with E-state index in [1.54, 1.807) is 30.3 Å². The number of halogens is 3. The molecule has 0 aromatic heterocycles. The number of nitrogens with zero attached hydrogens (tertiary/aromatic N) is 2. The lowest BCUT2D eigenvalue weighted by atomic mass is 10.1. The zero-order chi connectivity index (χ0) is 22.4. The van der Waals surface area contributed by atoms with E-state index in [1.165, 1.54) is 13.2 Å². The highest BCUT2D eigenvalue weighted by molar-refractivity contribution is 6.01. The summed E-state index contributed by atoms with van der Waals surface area (Å²) in [6.45, 7) is 1.96. The van der Waals surface area contributed by atoms with E-state index in [2.05, 4.69) is 10.6 Å². The number of hydrogen-bond acceptors (Lipinski definition) is 5. The topological polar surface area (TPSA) is 73.9 Å². The normalized spacial score (nSPS) is 14.8. The highest BCUT2D eigenvalue weighted by atomic mass is 19.4. The number of amides is 3. The van der Waals surface area contributed by atoms with Gasteiger partial charge in [-0.1, -0.05) is 6.07 Å². The maximum atomic E-state index is 12.9.